The van der Waals surface area contributed by atoms with Crippen molar-refractivity contribution in [2.75, 3.05) is 27.2 Å². The molecule has 0 heterocycles. The van der Waals surface area contributed by atoms with Crippen molar-refractivity contribution in [2.45, 2.75) is 61.2 Å². The lowest BCUT2D eigenvalue weighted by Gasteiger charge is -2.43. The maximum absolute atomic E-state index is 13.8. The molecule has 1 nitrogen and oxygen atoms in total. The average Bonchev–Trinajstić information content (AvgIpc) is 2.52. The van der Waals surface area contributed by atoms with Crippen LogP contribution in [0, 0.1) is 0 Å². The Morgan fingerprint density at radius 3 is 1.23 bits per heavy atom. The Labute approximate surface area is 164 Å². The van der Waals surface area contributed by atoms with E-state index in [2.05, 4.69) is 0 Å². The number of nitrogens with zero attached hydrogens (tertiary/aromatic N) is 1. The van der Waals surface area contributed by atoms with Crippen LogP contribution in [0.2, 0.25) is 0 Å². The minimum absolute atomic E-state index is 0.0474. The fourth-order valence-electron chi connectivity index (χ4n) is 2.49. The van der Waals surface area contributed by atoms with Gasteiger partial charge in [-0.3, -0.25) is 0 Å². The van der Waals surface area contributed by atoms with Crippen LogP contribution in [-0.2, 0) is 0 Å². The molecule has 0 bridgehead atoms. The molecule has 0 saturated heterocycles. The first-order chi connectivity index (χ1) is 13.2. The fourth-order valence-corrected chi connectivity index (χ4v) is 2.49. The topological polar surface area (TPSA) is 0 Å². The van der Waals surface area contributed by atoms with Crippen LogP contribution in [0.3, 0.4) is 0 Å². The van der Waals surface area contributed by atoms with Crippen molar-refractivity contribution >= 4 is 0 Å². The van der Waals surface area contributed by atoms with Crippen molar-refractivity contribution in [1.82, 2.24) is 0 Å². The van der Waals surface area contributed by atoms with Crippen molar-refractivity contribution in [3.8, 4) is 0 Å². The maximum atomic E-state index is 13.8. The van der Waals surface area contributed by atoms with Gasteiger partial charge in [0.15, 0.2) is 0 Å². The fraction of sp³-hybridized carbons (Fsp3) is 1.00. The average molecular weight is 502 g/mol. The largest absolute Gasteiger partial charge is 0.385 e. The molecule has 0 rings (SSSR count). The SMILES string of the molecule is CCC[N+](C)(C)CC(F)(F)C(F)(F)C(F)(F)C(F)(F)C(F)(F)C(F)(F)C(F)(F)C(F)F. The molecule has 0 aromatic rings. The van der Waals surface area contributed by atoms with Crippen LogP contribution >= 0.6 is 0 Å². The number of hydrogen-bond acceptors (Lipinski definition) is 0. The quantitative estimate of drug-likeness (QED) is 0.234. The van der Waals surface area contributed by atoms with Gasteiger partial charge in [-0.1, -0.05) is 6.92 Å². The molecule has 17 heteroatoms. The summed E-state index contributed by atoms with van der Waals surface area (Å²) in [5.41, 5.74) is 0. The van der Waals surface area contributed by atoms with E-state index in [1.165, 1.54) is 6.92 Å². The Bertz CT molecular complexity index is 624. The molecule has 0 amide bonds. The molecule has 0 radical (unpaired) electrons. The standard InChI is InChI=1S/C14H16F16N/c1-4-5-31(2,3)6-8(17,18)10(21,22)12(25,26)14(29,30)13(27,28)11(23,24)9(19,20)7(15)16/h7H,4-6H2,1-3H3/q+1. The minimum atomic E-state index is -8.34. The van der Waals surface area contributed by atoms with E-state index in [0.29, 0.717) is 0 Å². The van der Waals surface area contributed by atoms with Gasteiger partial charge in [-0.15, -0.1) is 0 Å². The summed E-state index contributed by atoms with van der Waals surface area (Å²) in [6, 6.07) is 0. The first-order valence-corrected chi connectivity index (χ1v) is 7.96. The van der Waals surface area contributed by atoms with Crippen LogP contribution in [-0.4, -0.2) is 79.6 Å². The number of alkyl halides is 16. The third-order valence-corrected chi connectivity index (χ3v) is 4.18. The normalized spacial score (nSPS) is 16.3. The molecular weight excluding hydrogens is 486 g/mol. The molecule has 0 unspecified atom stereocenters. The van der Waals surface area contributed by atoms with Gasteiger partial charge in [-0.25, -0.2) is 8.78 Å². The second-order valence-corrected chi connectivity index (χ2v) is 7.32. The minimum Gasteiger partial charge on any atom is -0.323 e. The third kappa shape index (κ3) is 4.38. The van der Waals surface area contributed by atoms with Crippen molar-refractivity contribution < 1.29 is 74.7 Å². The zero-order valence-corrected chi connectivity index (χ0v) is 15.7. The van der Waals surface area contributed by atoms with Gasteiger partial charge in [0.25, 0.3) is 0 Å². The monoisotopic (exact) mass is 502 g/mol. The van der Waals surface area contributed by atoms with Crippen molar-refractivity contribution in [3.05, 3.63) is 0 Å². The number of halogens is 16. The first-order valence-electron chi connectivity index (χ1n) is 7.96. The van der Waals surface area contributed by atoms with Gasteiger partial charge in [0.1, 0.15) is 6.54 Å². The molecule has 0 fully saturated rings. The highest BCUT2D eigenvalue weighted by Gasteiger charge is 2.93. The Hall–Kier alpha value is -1.16. The van der Waals surface area contributed by atoms with Gasteiger partial charge in [0.2, 0.25) is 0 Å². The lowest BCUT2D eigenvalue weighted by atomic mass is 9.89. The molecule has 0 spiro atoms. The zero-order chi connectivity index (χ0) is 25.7. The van der Waals surface area contributed by atoms with Gasteiger partial charge in [-0.2, -0.15) is 61.5 Å². The zero-order valence-electron chi connectivity index (χ0n) is 15.7. The van der Waals surface area contributed by atoms with Crippen LogP contribution in [0.15, 0.2) is 0 Å². The summed E-state index contributed by atoms with van der Waals surface area (Å²) in [4.78, 5) is 0. The predicted octanol–water partition coefficient (Wildman–Crippen LogP) is 6.19. The second kappa shape index (κ2) is 8.01. The summed E-state index contributed by atoms with van der Waals surface area (Å²) in [6.45, 7) is -1.55. The van der Waals surface area contributed by atoms with Crippen LogP contribution < -0.4 is 0 Å². The van der Waals surface area contributed by atoms with Gasteiger partial charge in [-0.05, 0) is 6.42 Å². The van der Waals surface area contributed by atoms with E-state index in [1.807, 2.05) is 0 Å². The number of rotatable bonds is 11. The second-order valence-electron chi connectivity index (χ2n) is 7.32. The number of hydrogen-bond donors (Lipinski definition) is 0. The summed E-state index contributed by atoms with van der Waals surface area (Å²) in [5.74, 6) is -54.0. The van der Waals surface area contributed by atoms with Crippen LogP contribution in [0.5, 0.6) is 0 Å². The third-order valence-electron chi connectivity index (χ3n) is 4.18. The molecule has 31 heavy (non-hydrogen) atoms. The summed E-state index contributed by atoms with van der Waals surface area (Å²) >= 11 is 0. The van der Waals surface area contributed by atoms with E-state index in [4.69, 9.17) is 0 Å². The van der Waals surface area contributed by atoms with E-state index >= 15 is 0 Å². The molecular formula is C14H16F16N+. The van der Waals surface area contributed by atoms with E-state index in [-0.39, 0.29) is 6.42 Å². The Morgan fingerprint density at radius 2 is 0.903 bits per heavy atom. The molecule has 0 aromatic carbocycles. The van der Waals surface area contributed by atoms with Crippen molar-refractivity contribution in [2.24, 2.45) is 0 Å². The Kier molecular flexibility index (Phi) is 7.71. The van der Waals surface area contributed by atoms with Crippen LogP contribution in [0.1, 0.15) is 13.3 Å². The molecule has 0 aliphatic rings. The maximum Gasteiger partial charge on any atom is 0.385 e. The summed E-state index contributed by atoms with van der Waals surface area (Å²) < 4.78 is 210. The molecule has 0 aliphatic heterocycles. The molecule has 0 aromatic heterocycles. The predicted molar refractivity (Wildman–Crippen MR) is 72.8 cm³/mol. The lowest BCUT2D eigenvalue weighted by molar-refractivity contribution is -0.899. The highest BCUT2D eigenvalue weighted by atomic mass is 19.4. The molecule has 0 atom stereocenters. The number of quaternary nitrogens is 1. The lowest BCUT2D eigenvalue weighted by Crippen LogP contribution is -2.74. The summed E-state index contributed by atoms with van der Waals surface area (Å²) in [7, 11) is 1.44. The van der Waals surface area contributed by atoms with Crippen molar-refractivity contribution in [1.29, 1.82) is 0 Å². The molecule has 0 saturated carbocycles. The highest BCUT2D eigenvalue weighted by Crippen LogP contribution is 2.62. The molecule has 0 N–H and O–H groups in total. The van der Waals surface area contributed by atoms with Crippen LogP contribution in [0.25, 0.3) is 0 Å². The molecule has 188 valence electrons. The highest BCUT2D eigenvalue weighted by molar-refractivity contribution is 5.14. The van der Waals surface area contributed by atoms with Gasteiger partial charge >= 0.3 is 47.9 Å². The van der Waals surface area contributed by atoms with Crippen molar-refractivity contribution in [3.63, 3.8) is 0 Å². The summed E-state index contributed by atoms with van der Waals surface area (Å²) in [6.07, 6.45) is -5.89. The molecule has 0 aliphatic carbocycles. The first kappa shape index (κ1) is 29.8. The van der Waals surface area contributed by atoms with E-state index < -0.39 is 65.5 Å². The van der Waals surface area contributed by atoms with E-state index in [1.54, 1.807) is 0 Å². The van der Waals surface area contributed by atoms with Gasteiger partial charge in [0, 0.05) is 0 Å². The van der Waals surface area contributed by atoms with E-state index in [0.717, 1.165) is 14.1 Å². The Balaban J connectivity index is 6.56. The Morgan fingerprint density at radius 1 is 0.581 bits per heavy atom. The summed E-state index contributed by atoms with van der Waals surface area (Å²) in [5, 5.41) is 0. The van der Waals surface area contributed by atoms with E-state index in [9.17, 15) is 70.2 Å². The van der Waals surface area contributed by atoms with Gasteiger partial charge < -0.3 is 4.48 Å². The van der Waals surface area contributed by atoms with Gasteiger partial charge in [0.05, 0.1) is 20.6 Å². The smallest absolute Gasteiger partial charge is 0.323 e. The van der Waals surface area contributed by atoms with Crippen LogP contribution in [0.4, 0.5) is 70.2 Å².